The molecule has 1 aromatic rings. The molecular formula is C12H18N2O2. The van der Waals surface area contributed by atoms with Crippen molar-refractivity contribution in [3.8, 4) is 0 Å². The summed E-state index contributed by atoms with van der Waals surface area (Å²) in [5, 5.41) is 0. The van der Waals surface area contributed by atoms with Crippen molar-refractivity contribution in [3.63, 3.8) is 0 Å². The minimum Gasteiger partial charge on any atom is -0.383 e. The lowest BCUT2D eigenvalue weighted by Gasteiger charge is -2.21. The Morgan fingerprint density at radius 1 is 1.44 bits per heavy atom. The summed E-state index contributed by atoms with van der Waals surface area (Å²) >= 11 is 0. The van der Waals surface area contributed by atoms with Gasteiger partial charge in [0.25, 0.3) is 0 Å². The van der Waals surface area contributed by atoms with Crippen LogP contribution in [0.2, 0.25) is 0 Å². The zero-order valence-corrected chi connectivity index (χ0v) is 9.72. The summed E-state index contributed by atoms with van der Waals surface area (Å²) in [5.74, 6) is -0.0942. The third-order valence-electron chi connectivity index (χ3n) is 2.43. The summed E-state index contributed by atoms with van der Waals surface area (Å²) in [5.41, 5.74) is 6.71. The molecule has 0 aliphatic rings. The largest absolute Gasteiger partial charge is 0.383 e. The van der Waals surface area contributed by atoms with Crippen LogP contribution in [0.15, 0.2) is 30.3 Å². The van der Waals surface area contributed by atoms with Gasteiger partial charge in [0, 0.05) is 20.7 Å². The van der Waals surface area contributed by atoms with Crippen LogP contribution in [0, 0.1) is 0 Å². The van der Waals surface area contributed by atoms with E-state index in [1.807, 2.05) is 30.3 Å². The zero-order valence-electron chi connectivity index (χ0n) is 9.72. The van der Waals surface area contributed by atoms with Gasteiger partial charge in [-0.2, -0.15) is 0 Å². The highest BCUT2D eigenvalue weighted by Gasteiger charge is 2.18. The average Bonchev–Trinajstić information content (AvgIpc) is 2.35. The molecule has 0 bridgehead atoms. The maximum atomic E-state index is 11.9. The lowest BCUT2D eigenvalue weighted by molar-refractivity contribution is -0.132. The lowest BCUT2D eigenvalue weighted by atomic mass is 10.1. The van der Waals surface area contributed by atoms with Crippen molar-refractivity contribution in [1.82, 2.24) is 4.90 Å². The molecule has 88 valence electrons. The quantitative estimate of drug-likeness (QED) is 0.801. The van der Waals surface area contributed by atoms with Gasteiger partial charge in [-0.15, -0.1) is 0 Å². The summed E-state index contributed by atoms with van der Waals surface area (Å²) in [7, 11) is 3.33. The van der Waals surface area contributed by atoms with Crippen LogP contribution < -0.4 is 5.73 Å². The fourth-order valence-electron chi connectivity index (χ4n) is 1.38. The highest BCUT2D eigenvalue weighted by atomic mass is 16.5. The van der Waals surface area contributed by atoms with Crippen LogP contribution in [-0.2, 0) is 9.53 Å². The molecule has 0 fully saturated rings. The third-order valence-corrected chi connectivity index (χ3v) is 2.43. The first kappa shape index (κ1) is 12.7. The molecule has 2 N–H and O–H groups in total. The molecule has 4 nitrogen and oxygen atoms in total. The van der Waals surface area contributed by atoms with Crippen LogP contribution in [0.4, 0.5) is 0 Å². The average molecular weight is 222 g/mol. The third kappa shape index (κ3) is 3.32. The Morgan fingerprint density at radius 2 is 2.06 bits per heavy atom. The van der Waals surface area contributed by atoms with E-state index in [4.69, 9.17) is 10.5 Å². The minimum atomic E-state index is -0.594. The van der Waals surface area contributed by atoms with E-state index in [1.165, 1.54) is 0 Å². The number of hydrogen-bond donors (Lipinski definition) is 1. The second kappa shape index (κ2) is 6.25. The lowest BCUT2D eigenvalue weighted by Crippen LogP contribution is -2.37. The van der Waals surface area contributed by atoms with Crippen molar-refractivity contribution in [2.24, 2.45) is 5.73 Å². The Balaban J connectivity index is 2.60. The van der Waals surface area contributed by atoms with Gasteiger partial charge in [0.2, 0.25) is 5.91 Å². The first-order chi connectivity index (χ1) is 7.66. The van der Waals surface area contributed by atoms with Crippen LogP contribution in [0.25, 0.3) is 0 Å². The summed E-state index contributed by atoms with van der Waals surface area (Å²) in [6, 6.07) is 8.76. The van der Waals surface area contributed by atoms with Crippen molar-refractivity contribution in [3.05, 3.63) is 35.9 Å². The minimum absolute atomic E-state index is 0.0942. The summed E-state index contributed by atoms with van der Waals surface area (Å²) in [6.07, 6.45) is 0. The molecule has 1 rings (SSSR count). The van der Waals surface area contributed by atoms with Gasteiger partial charge >= 0.3 is 0 Å². The second-order valence-corrected chi connectivity index (χ2v) is 3.64. The van der Waals surface area contributed by atoms with Gasteiger partial charge in [-0.25, -0.2) is 0 Å². The molecule has 0 aromatic heterocycles. The second-order valence-electron chi connectivity index (χ2n) is 3.64. The molecule has 16 heavy (non-hydrogen) atoms. The van der Waals surface area contributed by atoms with Crippen molar-refractivity contribution < 1.29 is 9.53 Å². The number of nitrogens with two attached hydrogens (primary N) is 1. The van der Waals surface area contributed by atoms with E-state index >= 15 is 0 Å². The highest BCUT2D eigenvalue weighted by molar-refractivity contribution is 5.82. The molecule has 0 radical (unpaired) electrons. The molecular weight excluding hydrogens is 204 g/mol. The molecule has 1 unspecified atom stereocenters. The van der Waals surface area contributed by atoms with Crippen LogP contribution >= 0.6 is 0 Å². The molecule has 1 atom stereocenters. The van der Waals surface area contributed by atoms with Gasteiger partial charge in [-0.1, -0.05) is 30.3 Å². The molecule has 0 saturated carbocycles. The Hall–Kier alpha value is -1.39. The number of amides is 1. The van der Waals surface area contributed by atoms with Crippen LogP contribution in [0.1, 0.15) is 11.6 Å². The summed E-state index contributed by atoms with van der Waals surface area (Å²) in [6.45, 7) is 1.07. The number of carbonyl (C=O) groups excluding carboxylic acids is 1. The van der Waals surface area contributed by atoms with Gasteiger partial charge in [-0.3, -0.25) is 4.79 Å². The molecule has 0 aliphatic carbocycles. The van der Waals surface area contributed by atoms with E-state index in [9.17, 15) is 4.79 Å². The van der Waals surface area contributed by atoms with E-state index in [0.717, 1.165) is 5.56 Å². The standard InChI is InChI=1S/C12H18N2O2/c1-14(8-9-16-2)12(15)11(13)10-6-4-3-5-7-10/h3-7,11H,8-9,13H2,1-2H3. The van der Waals surface area contributed by atoms with Gasteiger partial charge in [0.05, 0.1) is 6.61 Å². The van der Waals surface area contributed by atoms with Crippen molar-refractivity contribution in [2.75, 3.05) is 27.3 Å². The predicted octanol–water partition coefficient (Wildman–Crippen LogP) is 0.791. The van der Waals surface area contributed by atoms with Crippen LogP contribution in [0.5, 0.6) is 0 Å². The number of methoxy groups -OCH3 is 1. The van der Waals surface area contributed by atoms with E-state index in [1.54, 1.807) is 19.1 Å². The van der Waals surface area contributed by atoms with Gasteiger partial charge in [0.15, 0.2) is 0 Å². The van der Waals surface area contributed by atoms with Crippen LogP contribution in [-0.4, -0.2) is 38.1 Å². The topological polar surface area (TPSA) is 55.6 Å². The van der Waals surface area contributed by atoms with Gasteiger partial charge in [-0.05, 0) is 5.56 Å². The van der Waals surface area contributed by atoms with Gasteiger partial charge < -0.3 is 15.4 Å². The number of carbonyl (C=O) groups is 1. The Kier molecular flexibility index (Phi) is 4.95. The smallest absolute Gasteiger partial charge is 0.243 e. The van der Waals surface area contributed by atoms with E-state index in [2.05, 4.69) is 0 Å². The Bertz CT molecular complexity index is 327. The van der Waals surface area contributed by atoms with E-state index in [0.29, 0.717) is 13.2 Å². The number of nitrogens with zero attached hydrogens (tertiary/aromatic N) is 1. The number of likely N-dealkylation sites (N-methyl/N-ethyl adjacent to an activating group) is 1. The molecule has 0 aliphatic heterocycles. The normalized spacial score (nSPS) is 12.2. The maximum Gasteiger partial charge on any atom is 0.243 e. The predicted molar refractivity (Wildman–Crippen MR) is 62.9 cm³/mol. The van der Waals surface area contributed by atoms with Crippen molar-refractivity contribution in [1.29, 1.82) is 0 Å². The number of rotatable bonds is 5. The first-order valence-corrected chi connectivity index (χ1v) is 5.21. The summed E-state index contributed by atoms with van der Waals surface area (Å²) in [4.78, 5) is 13.5. The van der Waals surface area contributed by atoms with E-state index in [-0.39, 0.29) is 5.91 Å². The number of benzene rings is 1. The fourth-order valence-corrected chi connectivity index (χ4v) is 1.38. The Morgan fingerprint density at radius 3 is 2.62 bits per heavy atom. The fraction of sp³-hybridized carbons (Fsp3) is 0.417. The molecule has 0 spiro atoms. The molecule has 0 saturated heterocycles. The molecule has 4 heteroatoms. The van der Waals surface area contributed by atoms with E-state index < -0.39 is 6.04 Å². The molecule has 1 amide bonds. The SMILES string of the molecule is COCCN(C)C(=O)C(N)c1ccccc1. The molecule has 1 aromatic carbocycles. The highest BCUT2D eigenvalue weighted by Crippen LogP contribution is 2.11. The summed E-state index contributed by atoms with van der Waals surface area (Å²) < 4.78 is 4.91. The number of ether oxygens (including phenoxy) is 1. The van der Waals surface area contributed by atoms with Crippen molar-refractivity contribution >= 4 is 5.91 Å². The Labute approximate surface area is 96.0 Å². The van der Waals surface area contributed by atoms with Gasteiger partial charge in [0.1, 0.15) is 6.04 Å². The molecule has 0 heterocycles. The maximum absolute atomic E-state index is 11.9. The number of hydrogen-bond acceptors (Lipinski definition) is 3. The first-order valence-electron chi connectivity index (χ1n) is 5.21. The monoisotopic (exact) mass is 222 g/mol. The zero-order chi connectivity index (χ0) is 12.0. The van der Waals surface area contributed by atoms with Crippen molar-refractivity contribution in [2.45, 2.75) is 6.04 Å². The van der Waals surface area contributed by atoms with Crippen LogP contribution in [0.3, 0.4) is 0 Å².